The first-order chi connectivity index (χ1) is 12.6. The zero-order valence-corrected chi connectivity index (χ0v) is 16.2. The summed E-state index contributed by atoms with van der Waals surface area (Å²) < 4.78 is 10.5. The highest BCUT2D eigenvalue weighted by atomic mass is 35.5. The molecule has 26 heavy (non-hydrogen) atoms. The number of likely N-dealkylation sites (N-methyl/N-ethyl adjacent to an activating group) is 1. The van der Waals surface area contributed by atoms with Crippen LogP contribution in [0.3, 0.4) is 0 Å². The number of nitrogens with zero attached hydrogens (tertiary/aromatic N) is 4. The van der Waals surface area contributed by atoms with Gasteiger partial charge in [-0.05, 0) is 31.0 Å². The Morgan fingerprint density at radius 3 is 2.88 bits per heavy atom. The standard InChI is InChI=1S/C19H25ClN4O2/c1-23(19-21-10-9-17(22-19)26-3)15-7-5-11-24(13-15)12-14-6-4-8-16(25-2)18(14)20/h4,6,8-10,15H,5,7,11-13H2,1-3H3. The largest absolute Gasteiger partial charge is 0.495 e. The summed E-state index contributed by atoms with van der Waals surface area (Å²) in [7, 11) is 5.30. The van der Waals surface area contributed by atoms with Crippen LogP contribution in [-0.4, -0.2) is 55.3 Å². The van der Waals surface area contributed by atoms with E-state index in [0.717, 1.165) is 43.8 Å². The number of hydrogen-bond acceptors (Lipinski definition) is 6. The lowest BCUT2D eigenvalue weighted by atomic mass is 10.0. The molecule has 0 radical (unpaired) electrons. The van der Waals surface area contributed by atoms with Gasteiger partial charge in [0.1, 0.15) is 5.75 Å². The van der Waals surface area contributed by atoms with E-state index in [-0.39, 0.29) is 0 Å². The summed E-state index contributed by atoms with van der Waals surface area (Å²) in [6, 6.07) is 8.04. The van der Waals surface area contributed by atoms with Crippen LogP contribution in [0, 0.1) is 0 Å². The molecule has 0 saturated carbocycles. The van der Waals surface area contributed by atoms with Crippen LogP contribution in [0.1, 0.15) is 18.4 Å². The Hall–Kier alpha value is -2.05. The summed E-state index contributed by atoms with van der Waals surface area (Å²) in [6.07, 6.45) is 3.97. The Bertz CT molecular complexity index is 743. The molecule has 1 atom stereocenters. The van der Waals surface area contributed by atoms with E-state index < -0.39 is 0 Å². The Labute approximate surface area is 159 Å². The molecule has 7 heteroatoms. The number of benzene rings is 1. The third kappa shape index (κ3) is 4.19. The van der Waals surface area contributed by atoms with Crippen molar-refractivity contribution in [1.82, 2.24) is 14.9 Å². The molecule has 0 aliphatic carbocycles. The van der Waals surface area contributed by atoms with E-state index in [1.807, 2.05) is 19.2 Å². The molecule has 2 aromatic rings. The van der Waals surface area contributed by atoms with Crippen molar-refractivity contribution in [2.24, 2.45) is 0 Å². The van der Waals surface area contributed by atoms with Gasteiger partial charge in [0, 0.05) is 38.4 Å². The maximum atomic E-state index is 6.46. The molecule has 1 aromatic carbocycles. The average Bonchev–Trinajstić information content (AvgIpc) is 2.69. The molecule has 0 amide bonds. The first-order valence-corrected chi connectivity index (χ1v) is 9.13. The van der Waals surface area contributed by atoms with Crippen molar-refractivity contribution < 1.29 is 9.47 Å². The topological polar surface area (TPSA) is 50.7 Å². The monoisotopic (exact) mass is 376 g/mol. The van der Waals surface area contributed by atoms with Gasteiger partial charge in [-0.3, -0.25) is 4.90 Å². The molecule has 0 spiro atoms. The van der Waals surface area contributed by atoms with Gasteiger partial charge in [-0.25, -0.2) is 4.98 Å². The minimum absolute atomic E-state index is 0.347. The number of anilines is 1. The Kier molecular flexibility index (Phi) is 6.16. The lowest BCUT2D eigenvalue weighted by molar-refractivity contribution is 0.198. The third-order valence-corrected chi connectivity index (χ3v) is 5.26. The van der Waals surface area contributed by atoms with Crippen LogP contribution in [0.15, 0.2) is 30.5 Å². The number of likely N-dealkylation sites (tertiary alicyclic amines) is 1. The minimum Gasteiger partial charge on any atom is -0.495 e. The van der Waals surface area contributed by atoms with Crippen molar-refractivity contribution in [2.45, 2.75) is 25.4 Å². The van der Waals surface area contributed by atoms with Gasteiger partial charge in [-0.15, -0.1) is 0 Å². The molecular weight excluding hydrogens is 352 g/mol. The van der Waals surface area contributed by atoms with Crippen molar-refractivity contribution in [1.29, 1.82) is 0 Å². The van der Waals surface area contributed by atoms with Crippen molar-refractivity contribution >= 4 is 17.5 Å². The van der Waals surface area contributed by atoms with Gasteiger partial charge in [0.2, 0.25) is 11.8 Å². The second-order valence-corrected chi connectivity index (χ2v) is 6.85. The molecule has 1 aliphatic heterocycles. The van der Waals surface area contributed by atoms with E-state index in [1.165, 1.54) is 0 Å². The van der Waals surface area contributed by atoms with Gasteiger partial charge >= 0.3 is 0 Å². The maximum Gasteiger partial charge on any atom is 0.228 e. The molecule has 6 nitrogen and oxygen atoms in total. The van der Waals surface area contributed by atoms with E-state index >= 15 is 0 Å². The van der Waals surface area contributed by atoms with Gasteiger partial charge in [-0.1, -0.05) is 23.7 Å². The van der Waals surface area contributed by atoms with Crippen LogP contribution in [0.25, 0.3) is 0 Å². The van der Waals surface area contributed by atoms with Gasteiger partial charge in [0.25, 0.3) is 0 Å². The number of hydrogen-bond donors (Lipinski definition) is 0. The fourth-order valence-electron chi connectivity index (χ4n) is 3.35. The summed E-state index contributed by atoms with van der Waals surface area (Å²) in [5.74, 6) is 1.99. The van der Waals surface area contributed by atoms with E-state index in [0.29, 0.717) is 22.9 Å². The summed E-state index contributed by atoms with van der Waals surface area (Å²) >= 11 is 6.46. The van der Waals surface area contributed by atoms with E-state index in [1.54, 1.807) is 26.5 Å². The molecule has 1 saturated heterocycles. The Morgan fingerprint density at radius 2 is 2.12 bits per heavy atom. The Morgan fingerprint density at radius 1 is 1.27 bits per heavy atom. The summed E-state index contributed by atoms with van der Waals surface area (Å²) in [5, 5.41) is 0.696. The molecule has 0 N–H and O–H groups in total. The van der Waals surface area contributed by atoms with Crippen LogP contribution in [0.2, 0.25) is 5.02 Å². The minimum atomic E-state index is 0.347. The molecule has 140 valence electrons. The van der Waals surface area contributed by atoms with Crippen LogP contribution in [-0.2, 0) is 6.54 Å². The third-order valence-electron chi connectivity index (χ3n) is 4.83. The van der Waals surface area contributed by atoms with Gasteiger partial charge in [0.05, 0.1) is 19.2 Å². The summed E-state index contributed by atoms with van der Waals surface area (Å²) in [4.78, 5) is 13.4. The zero-order chi connectivity index (χ0) is 18.5. The van der Waals surface area contributed by atoms with Crippen molar-refractivity contribution in [3.63, 3.8) is 0 Å². The number of piperidine rings is 1. The summed E-state index contributed by atoms with van der Waals surface area (Å²) in [5.41, 5.74) is 1.09. The molecular formula is C19H25ClN4O2. The Balaban J connectivity index is 1.69. The molecule has 1 unspecified atom stereocenters. The smallest absolute Gasteiger partial charge is 0.228 e. The van der Waals surface area contributed by atoms with Crippen molar-refractivity contribution in [3.8, 4) is 11.6 Å². The predicted molar refractivity (Wildman–Crippen MR) is 103 cm³/mol. The van der Waals surface area contributed by atoms with Gasteiger partial charge < -0.3 is 14.4 Å². The van der Waals surface area contributed by atoms with E-state index in [2.05, 4.69) is 25.8 Å². The van der Waals surface area contributed by atoms with Crippen LogP contribution in [0.5, 0.6) is 11.6 Å². The van der Waals surface area contributed by atoms with Gasteiger partial charge in [0.15, 0.2) is 0 Å². The molecule has 1 aliphatic rings. The van der Waals surface area contributed by atoms with Crippen molar-refractivity contribution in [2.75, 3.05) is 39.3 Å². The highest BCUT2D eigenvalue weighted by Gasteiger charge is 2.25. The number of aromatic nitrogens is 2. The first kappa shape index (κ1) is 18.7. The normalized spacial score (nSPS) is 17.8. The zero-order valence-electron chi connectivity index (χ0n) is 15.5. The lowest BCUT2D eigenvalue weighted by Gasteiger charge is -2.37. The van der Waals surface area contributed by atoms with Crippen LogP contribution < -0.4 is 14.4 Å². The molecule has 2 heterocycles. The quantitative estimate of drug-likeness (QED) is 0.771. The second kappa shape index (κ2) is 8.56. The fourth-order valence-corrected chi connectivity index (χ4v) is 3.61. The predicted octanol–water partition coefficient (Wildman–Crippen LogP) is 3.25. The number of methoxy groups -OCH3 is 2. The second-order valence-electron chi connectivity index (χ2n) is 6.47. The average molecular weight is 377 g/mol. The SMILES string of the molecule is COc1ccnc(N(C)C2CCCN(Cc3cccc(OC)c3Cl)C2)n1. The molecule has 1 aromatic heterocycles. The van der Waals surface area contributed by atoms with Crippen molar-refractivity contribution in [3.05, 3.63) is 41.0 Å². The number of ether oxygens (including phenoxy) is 2. The number of halogens is 1. The lowest BCUT2D eigenvalue weighted by Crippen LogP contribution is -2.46. The van der Waals surface area contributed by atoms with E-state index in [9.17, 15) is 0 Å². The maximum absolute atomic E-state index is 6.46. The first-order valence-electron chi connectivity index (χ1n) is 8.76. The summed E-state index contributed by atoms with van der Waals surface area (Å²) in [6.45, 7) is 2.79. The number of rotatable bonds is 6. The fraction of sp³-hybridized carbons (Fsp3) is 0.474. The van der Waals surface area contributed by atoms with Gasteiger partial charge in [-0.2, -0.15) is 4.98 Å². The van der Waals surface area contributed by atoms with Crippen LogP contribution in [0.4, 0.5) is 5.95 Å². The highest BCUT2D eigenvalue weighted by Crippen LogP contribution is 2.29. The molecule has 3 rings (SSSR count). The molecule has 0 bridgehead atoms. The van der Waals surface area contributed by atoms with Crippen LogP contribution >= 0.6 is 11.6 Å². The molecule has 1 fully saturated rings. The highest BCUT2D eigenvalue weighted by molar-refractivity contribution is 6.32. The van der Waals surface area contributed by atoms with E-state index in [4.69, 9.17) is 21.1 Å².